The summed E-state index contributed by atoms with van der Waals surface area (Å²) in [6.07, 6.45) is 7.45. The Morgan fingerprint density at radius 3 is 1.83 bits per heavy atom. The summed E-state index contributed by atoms with van der Waals surface area (Å²) >= 11 is 0. The van der Waals surface area contributed by atoms with Crippen LogP contribution in [0.3, 0.4) is 0 Å². The summed E-state index contributed by atoms with van der Waals surface area (Å²) in [4.78, 5) is 27.1. The van der Waals surface area contributed by atoms with Gasteiger partial charge in [0, 0.05) is 16.7 Å². The molecule has 2 N–H and O–H groups in total. The molecule has 0 saturated heterocycles. The molecule has 4 heteroatoms. The smallest absolute Gasteiger partial charge is 0.175 e. The molecule has 5 rings (SSSR count). The molecule has 182 valence electrons. The number of hydrogen-bond donors (Lipinski definition) is 2. The van der Waals surface area contributed by atoms with Gasteiger partial charge in [-0.15, -0.1) is 0 Å². The lowest BCUT2D eigenvalue weighted by atomic mass is 9.69. The van der Waals surface area contributed by atoms with E-state index in [9.17, 15) is 19.8 Å². The van der Waals surface area contributed by atoms with Crippen LogP contribution in [0.4, 0.5) is 0 Å². The molecule has 3 aromatic carbocycles. The standard InChI is InChI=1S/C32H30O4/c1-3-5-19-7-11-21(12-8-19)23-15-17-25-27(29(23)33)31(35)26-18-16-24(30(34)28(26)32(25)36)22-13-9-20(6-4-2)10-14-22/h7-18,25,27,33-34H,3-6H2,1-2H3. The van der Waals surface area contributed by atoms with Gasteiger partial charge >= 0.3 is 0 Å². The van der Waals surface area contributed by atoms with Gasteiger partial charge in [-0.3, -0.25) is 9.59 Å². The quantitative estimate of drug-likeness (QED) is 0.396. The van der Waals surface area contributed by atoms with E-state index >= 15 is 0 Å². The van der Waals surface area contributed by atoms with E-state index in [2.05, 4.69) is 13.8 Å². The number of carbonyl (C=O) groups excluding carboxylic acids is 2. The molecule has 0 aromatic heterocycles. The van der Waals surface area contributed by atoms with Gasteiger partial charge in [-0.25, -0.2) is 0 Å². The van der Waals surface area contributed by atoms with Crippen molar-refractivity contribution in [1.82, 2.24) is 0 Å². The van der Waals surface area contributed by atoms with E-state index in [1.54, 1.807) is 24.3 Å². The van der Waals surface area contributed by atoms with Crippen molar-refractivity contribution in [1.29, 1.82) is 0 Å². The third-order valence-corrected chi connectivity index (χ3v) is 7.28. The number of fused-ring (bicyclic) bond motifs is 2. The topological polar surface area (TPSA) is 74.6 Å². The maximum absolute atomic E-state index is 13.5. The fourth-order valence-corrected chi connectivity index (χ4v) is 5.40. The molecule has 4 nitrogen and oxygen atoms in total. The average molecular weight is 479 g/mol. The first-order valence-electron chi connectivity index (χ1n) is 12.7. The zero-order valence-corrected chi connectivity index (χ0v) is 20.6. The van der Waals surface area contributed by atoms with Crippen molar-refractivity contribution in [2.24, 2.45) is 11.8 Å². The van der Waals surface area contributed by atoms with Crippen LogP contribution in [0.25, 0.3) is 16.7 Å². The van der Waals surface area contributed by atoms with E-state index in [1.165, 1.54) is 11.1 Å². The van der Waals surface area contributed by atoms with Crippen LogP contribution in [0.15, 0.2) is 78.6 Å². The van der Waals surface area contributed by atoms with Gasteiger partial charge in [-0.1, -0.05) is 87.4 Å². The van der Waals surface area contributed by atoms with Crippen LogP contribution in [-0.4, -0.2) is 21.8 Å². The summed E-state index contributed by atoms with van der Waals surface area (Å²) in [5.74, 6) is -2.81. The maximum Gasteiger partial charge on any atom is 0.175 e. The minimum Gasteiger partial charge on any atom is -0.511 e. The lowest BCUT2D eigenvalue weighted by Gasteiger charge is -2.32. The normalized spacial score (nSPS) is 18.8. The number of aliphatic hydroxyl groups is 1. The minimum absolute atomic E-state index is 0.0428. The summed E-state index contributed by atoms with van der Waals surface area (Å²) < 4.78 is 0. The first-order valence-corrected chi connectivity index (χ1v) is 12.7. The molecular weight excluding hydrogens is 448 g/mol. The molecule has 0 radical (unpaired) electrons. The Kier molecular flexibility index (Phi) is 6.36. The van der Waals surface area contributed by atoms with Gasteiger partial charge in [-0.2, -0.15) is 0 Å². The third-order valence-electron chi connectivity index (χ3n) is 7.28. The van der Waals surface area contributed by atoms with Gasteiger partial charge in [0.15, 0.2) is 11.6 Å². The number of carbonyl (C=O) groups is 2. The second-order valence-electron chi connectivity index (χ2n) is 9.67. The molecule has 2 aliphatic carbocycles. The molecule has 0 saturated carbocycles. The zero-order valence-electron chi connectivity index (χ0n) is 20.6. The number of Topliss-reactive ketones (excluding diaryl/α,β-unsaturated/α-hetero) is 2. The van der Waals surface area contributed by atoms with Crippen LogP contribution in [0.2, 0.25) is 0 Å². The summed E-state index contributed by atoms with van der Waals surface area (Å²) in [5.41, 5.74) is 5.28. The van der Waals surface area contributed by atoms with E-state index in [1.807, 2.05) is 48.5 Å². The SMILES string of the molecule is CCCc1ccc(C2=C(O)C3C(=O)c4ccc(-c5ccc(CCC)cc5)c(O)c4C(=O)C3C=C2)cc1. The van der Waals surface area contributed by atoms with Gasteiger partial charge in [0.05, 0.1) is 17.4 Å². The summed E-state index contributed by atoms with van der Waals surface area (Å²) in [5, 5.41) is 22.3. The number of phenolic OH excluding ortho intramolecular Hbond substituents is 1. The zero-order chi connectivity index (χ0) is 25.4. The molecule has 0 bridgehead atoms. The molecular formula is C32H30O4. The van der Waals surface area contributed by atoms with Gasteiger partial charge in [0.2, 0.25) is 0 Å². The lowest BCUT2D eigenvalue weighted by Crippen LogP contribution is -2.38. The number of ketones is 2. The predicted molar refractivity (Wildman–Crippen MR) is 142 cm³/mol. The van der Waals surface area contributed by atoms with Crippen molar-refractivity contribution >= 4 is 17.1 Å². The van der Waals surface area contributed by atoms with Crippen molar-refractivity contribution < 1.29 is 19.8 Å². The highest BCUT2D eigenvalue weighted by Crippen LogP contribution is 2.45. The van der Waals surface area contributed by atoms with Crippen molar-refractivity contribution in [3.05, 3.63) is 106 Å². The van der Waals surface area contributed by atoms with E-state index in [-0.39, 0.29) is 34.2 Å². The number of benzene rings is 3. The molecule has 2 aliphatic rings. The number of aliphatic hydroxyl groups excluding tert-OH is 1. The number of rotatable bonds is 6. The number of aromatic hydroxyl groups is 1. The van der Waals surface area contributed by atoms with Crippen LogP contribution in [0, 0.1) is 11.8 Å². The molecule has 0 aliphatic heterocycles. The van der Waals surface area contributed by atoms with Gasteiger partial charge in [-0.05, 0) is 47.2 Å². The van der Waals surface area contributed by atoms with E-state index < -0.39 is 11.8 Å². The molecule has 3 aromatic rings. The second-order valence-corrected chi connectivity index (χ2v) is 9.67. The Bertz CT molecular complexity index is 1390. The summed E-state index contributed by atoms with van der Waals surface area (Å²) in [6.45, 7) is 4.25. The second kappa shape index (κ2) is 9.62. The molecule has 2 unspecified atom stereocenters. The van der Waals surface area contributed by atoms with Crippen molar-refractivity contribution in [3.63, 3.8) is 0 Å². The molecule has 0 spiro atoms. The predicted octanol–water partition coefficient (Wildman–Crippen LogP) is 7.11. The number of hydrogen-bond acceptors (Lipinski definition) is 4. The fraction of sp³-hybridized carbons (Fsp3) is 0.250. The molecule has 0 amide bonds. The molecule has 36 heavy (non-hydrogen) atoms. The van der Waals surface area contributed by atoms with E-state index in [0.29, 0.717) is 11.1 Å². The molecule has 0 heterocycles. The van der Waals surface area contributed by atoms with E-state index in [0.717, 1.165) is 36.8 Å². The number of phenols is 1. The molecule has 2 atom stereocenters. The average Bonchev–Trinajstić information content (AvgIpc) is 2.88. The van der Waals surface area contributed by atoms with Gasteiger partial charge in [0.25, 0.3) is 0 Å². The highest BCUT2D eigenvalue weighted by molar-refractivity contribution is 6.20. The van der Waals surface area contributed by atoms with Crippen LogP contribution in [0.1, 0.15) is 64.1 Å². The van der Waals surface area contributed by atoms with Crippen LogP contribution in [0.5, 0.6) is 5.75 Å². The monoisotopic (exact) mass is 478 g/mol. The molecule has 0 fully saturated rings. The van der Waals surface area contributed by atoms with Gasteiger partial charge < -0.3 is 10.2 Å². The largest absolute Gasteiger partial charge is 0.511 e. The van der Waals surface area contributed by atoms with E-state index in [4.69, 9.17) is 0 Å². The van der Waals surface area contributed by atoms with Crippen LogP contribution >= 0.6 is 0 Å². The Hall–Kier alpha value is -3.92. The van der Waals surface area contributed by atoms with Crippen LogP contribution in [-0.2, 0) is 12.8 Å². The fourth-order valence-electron chi connectivity index (χ4n) is 5.40. The van der Waals surface area contributed by atoms with Crippen molar-refractivity contribution in [2.75, 3.05) is 0 Å². The lowest BCUT2D eigenvalue weighted by molar-refractivity contribution is 0.0758. The Labute approximate surface area is 211 Å². The Morgan fingerprint density at radius 2 is 1.25 bits per heavy atom. The number of aryl methyl sites for hydroxylation is 2. The number of allylic oxidation sites excluding steroid dienone is 4. The third kappa shape index (κ3) is 3.97. The highest BCUT2D eigenvalue weighted by Gasteiger charge is 2.46. The van der Waals surface area contributed by atoms with Crippen molar-refractivity contribution in [3.8, 4) is 16.9 Å². The minimum atomic E-state index is -0.987. The first kappa shape index (κ1) is 23.8. The van der Waals surface area contributed by atoms with Crippen LogP contribution < -0.4 is 0 Å². The highest BCUT2D eigenvalue weighted by atomic mass is 16.3. The summed E-state index contributed by atoms with van der Waals surface area (Å²) in [6, 6.07) is 19.1. The Balaban J connectivity index is 1.52. The summed E-state index contributed by atoms with van der Waals surface area (Å²) in [7, 11) is 0. The van der Waals surface area contributed by atoms with Crippen molar-refractivity contribution in [2.45, 2.75) is 39.5 Å². The Morgan fingerprint density at radius 1 is 0.694 bits per heavy atom. The van der Waals surface area contributed by atoms with Gasteiger partial charge in [0.1, 0.15) is 11.5 Å². The first-order chi connectivity index (χ1) is 17.4. The maximum atomic E-state index is 13.5.